The molecule has 1 heterocycles. The molecule has 0 radical (unpaired) electrons. The van der Waals surface area contributed by atoms with Crippen molar-refractivity contribution in [2.24, 2.45) is 0 Å². The Morgan fingerprint density at radius 1 is 1.42 bits per heavy atom. The summed E-state index contributed by atoms with van der Waals surface area (Å²) in [5.74, 6) is 0. The smallest absolute Gasteiger partial charge is 0.0681 e. The van der Waals surface area contributed by atoms with Gasteiger partial charge in [-0.1, -0.05) is 29.8 Å². The predicted molar refractivity (Wildman–Crippen MR) is 55.8 cm³/mol. The third-order valence-electron chi connectivity index (χ3n) is 3.04. The lowest BCUT2D eigenvalue weighted by Gasteiger charge is -2.40. The van der Waals surface area contributed by atoms with Crippen LogP contribution in [0.4, 0.5) is 0 Å². The number of hydrogen-bond acceptors (Lipinski definition) is 1. The summed E-state index contributed by atoms with van der Waals surface area (Å²) in [7, 11) is 0. The lowest BCUT2D eigenvalue weighted by atomic mass is 9.87. The van der Waals surface area contributed by atoms with Gasteiger partial charge in [-0.05, 0) is 32.1 Å². The first-order valence-corrected chi connectivity index (χ1v) is 6.12. The second kappa shape index (κ2) is 4.61. The van der Waals surface area contributed by atoms with Gasteiger partial charge in [0.15, 0.2) is 0 Å². The quantitative estimate of drug-likeness (QED) is 0.680. The Hall–Kier alpha value is 0.440. The van der Waals surface area contributed by atoms with Crippen LogP contribution in [0, 0.1) is 0 Å². The minimum Gasteiger partial charge on any atom is -0.371 e. The lowest BCUT2D eigenvalue weighted by molar-refractivity contribution is -0.122. The molecule has 0 spiro atoms. The summed E-state index contributed by atoms with van der Waals surface area (Å²) in [6.07, 6.45) is 6.59. The van der Waals surface area contributed by atoms with Gasteiger partial charge in [0.05, 0.1) is 11.7 Å². The number of rotatable bonds is 3. The lowest BCUT2D eigenvalue weighted by Crippen LogP contribution is -2.40. The molecule has 0 saturated carbocycles. The summed E-state index contributed by atoms with van der Waals surface area (Å²) in [6.45, 7) is 4.47. The second-order valence-electron chi connectivity index (χ2n) is 3.68. The molecular weight excluding hydrogens is 216 g/mol. The first kappa shape index (κ1) is 10.5. The van der Waals surface area contributed by atoms with E-state index in [1.54, 1.807) is 0 Å². The molecule has 1 saturated heterocycles. The van der Waals surface area contributed by atoms with Gasteiger partial charge in [0.2, 0.25) is 0 Å². The number of ether oxygens (including phenoxy) is 1. The van der Waals surface area contributed by atoms with Crippen LogP contribution < -0.4 is 0 Å². The summed E-state index contributed by atoms with van der Waals surface area (Å²) in [4.78, 5) is 0. The molecule has 0 N–H and O–H groups in total. The van der Waals surface area contributed by atoms with Crippen LogP contribution in [0.2, 0.25) is 0 Å². The highest BCUT2D eigenvalue weighted by Crippen LogP contribution is 2.34. The molecule has 12 heavy (non-hydrogen) atoms. The highest BCUT2D eigenvalue weighted by molar-refractivity contribution is 9.09. The zero-order chi connectivity index (χ0) is 9.03. The largest absolute Gasteiger partial charge is 0.371 e. The molecule has 2 heteroatoms. The normalized spacial score (nSPS) is 28.8. The molecule has 0 aliphatic carbocycles. The molecule has 0 aromatic rings. The van der Waals surface area contributed by atoms with Gasteiger partial charge in [0.1, 0.15) is 0 Å². The molecule has 0 bridgehead atoms. The molecule has 1 fully saturated rings. The van der Waals surface area contributed by atoms with Crippen LogP contribution in [0.15, 0.2) is 0 Å². The van der Waals surface area contributed by atoms with Crippen molar-refractivity contribution in [3.8, 4) is 0 Å². The van der Waals surface area contributed by atoms with Crippen molar-refractivity contribution in [1.29, 1.82) is 0 Å². The van der Waals surface area contributed by atoms with E-state index in [0.29, 0.717) is 6.10 Å². The van der Waals surface area contributed by atoms with Gasteiger partial charge in [-0.3, -0.25) is 0 Å². The predicted octanol–water partition coefficient (Wildman–Crippen LogP) is 3.51. The zero-order valence-electron chi connectivity index (χ0n) is 8.11. The Kier molecular flexibility index (Phi) is 4.04. The molecule has 0 aromatic carbocycles. The summed E-state index contributed by atoms with van der Waals surface area (Å²) >= 11 is 3.50. The Morgan fingerprint density at radius 3 is 2.58 bits per heavy atom. The van der Waals surface area contributed by atoms with Gasteiger partial charge in [-0.2, -0.15) is 0 Å². The Morgan fingerprint density at radius 2 is 2.08 bits per heavy atom. The van der Waals surface area contributed by atoms with E-state index in [1.807, 2.05) is 0 Å². The summed E-state index contributed by atoms with van der Waals surface area (Å²) in [5.41, 5.74) is 0.205. The molecule has 1 atom stereocenters. The minimum absolute atomic E-state index is 0.205. The third-order valence-corrected chi connectivity index (χ3v) is 3.76. The van der Waals surface area contributed by atoms with E-state index in [4.69, 9.17) is 4.74 Å². The topological polar surface area (TPSA) is 9.23 Å². The van der Waals surface area contributed by atoms with E-state index in [-0.39, 0.29) is 5.60 Å². The fourth-order valence-electron chi connectivity index (χ4n) is 2.00. The maximum atomic E-state index is 6.07. The van der Waals surface area contributed by atoms with Crippen LogP contribution in [0.25, 0.3) is 0 Å². The molecule has 0 aromatic heterocycles. The number of halogens is 1. The average molecular weight is 235 g/mol. The number of hydrogen-bond donors (Lipinski definition) is 0. The summed E-state index contributed by atoms with van der Waals surface area (Å²) < 4.78 is 6.07. The van der Waals surface area contributed by atoms with Gasteiger partial charge >= 0.3 is 0 Å². The van der Waals surface area contributed by atoms with Gasteiger partial charge in [0, 0.05) is 5.33 Å². The highest BCUT2D eigenvalue weighted by atomic mass is 79.9. The molecule has 1 aliphatic rings. The number of alkyl halides is 1. The van der Waals surface area contributed by atoms with Crippen molar-refractivity contribution < 1.29 is 4.74 Å². The van der Waals surface area contributed by atoms with Crippen molar-refractivity contribution >= 4 is 15.9 Å². The second-order valence-corrected chi connectivity index (χ2v) is 4.32. The van der Waals surface area contributed by atoms with Gasteiger partial charge in [-0.15, -0.1) is 0 Å². The monoisotopic (exact) mass is 234 g/mol. The van der Waals surface area contributed by atoms with E-state index >= 15 is 0 Å². The molecule has 0 amide bonds. The summed E-state index contributed by atoms with van der Waals surface area (Å²) in [6, 6.07) is 0. The first-order valence-electron chi connectivity index (χ1n) is 5.00. The average Bonchev–Trinajstić information content (AvgIpc) is 2.18. The maximum Gasteiger partial charge on any atom is 0.0681 e. The summed E-state index contributed by atoms with van der Waals surface area (Å²) in [5, 5.41) is 0.995. The van der Waals surface area contributed by atoms with Gasteiger partial charge in [0.25, 0.3) is 0 Å². The Balaban J connectivity index is 2.52. The third kappa shape index (κ3) is 2.23. The fourth-order valence-corrected chi connectivity index (χ4v) is 2.46. The van der Waals surface area contributed by atoms with E-state index in [1.165, 1.54) is 19.3 Å². The van der Waals surface area contributed by atoms with Crippen LogP contribution in [0.1, 0.15) is 46.0 Å². The van der Waals surface area contributed by atoms with E-state index < -0.39 is 0 Å². The standard InChI is InChI=1S/C10H19BrO/c1-3-10(4-2)7-5-6-9(8-11)12-10/h9H,3-8H2,1-2H3. The van der Waals surface area contributed by atoms with Crippen LogP contribution in [0.3, 0.4) is 0 Å². The molecule has 1 rings (SSSR count). The molecule has 1 unspecified atom stereocenters. The molecule has 1 aliphatic heterocycles. The first-order chi connectivity index (χ1) is 5.76. The van der Waals surface area contributed by atoms with Crippen LogP contribution >= 0.6 is 15.9 Å². The SMILES string of the molecule is CCC1(CC)CCCC(CBr)O1. The van der Waals surface area contributed by atoms with Crippen molar-refractivity contribution in [3.63, 3.8) is 0 Å². The molecule has 1 nitrogen and oxygen atoms in total. The molecule has 72 valence electrons. The van der Waals surface area contributed by atoms with Crippen LogP contribution in [-0.4, -0.2) is 17.0 Å². The molecular formula is C10H19BrO. The van der Waals surface area contributed by atoms with Crippen LogP contribution in [-0.2, 0) is 4.74 Å². The van der Waals surface area contributed by atoms with E-state index in [9.17, 15) is 0 Å². The van der Waals surface area contributed by atoms with E-state index in [2.05, 4.69) is 29.8 Å². The minimum atomic E-state index is 0.205. The fraction of sp³-hybridized carbons (Fsp3) is 1.00. The maximum absolute atomic E-state index is 6.07. The Bertz CT molecular complexity index is 132. The van der Waals surface area contributed by atoms with E-state index in [0.717, 1.165) is 18.2 Å². The van der Waals surface area contributed by atoms with Gasteiger partial charge in [-0.25, -0.2) is 0 Å². The Labute approximate surface area is 84.0 Å². The van der Waals surface area contributed by atoms with Crippen molar-refractivity contribution in [2.75, 3.05) is 5.33 Å². The zero-order valence-corrected chi connectivity index (χ0v) is 9.69. The van der Waals surface area contributed by atoms with Gasteiger partial charge < -0.3 is 4.74 Å². The van der Waals surface area contributed by atoms with Crippen molar-refractivity contribution in [2.45, 2.75) is 57.7 Å². The highest BCUT2D eigenvalue weighted by Gasteiger charge is 2.33. The van der Waals surface area contributed by atoms with Crippen LogP contribution in [0.5, 0.6) is 0 Å². The van der Waals surface area contributed by atoms with Crippen molar-refractivity contribution in [1.82, 2.24) is 0 Å². The van der Waals surface area contributed by atoms with Crippen molar-refractivity contribution in [3.05, 3.63) is 0 Å².